The van der Waals surface area contributed by atoms with E-state index in [2.05, 4.69) is 15.9 Å². The second-order valence-electron chi connectivity index (χ2n) is 7.02. The third-order valence-electron chi connectivity index (χ3n) is 5.22. The summed E-state index contributed by atoms with van der Waals surface area (Å²) in [7, 11) is 3.08. The smallest absolute Gasteiger partial charge is 0.255 e. The number of hydrogen-bond donors (Lipinski definition) is 0. The highest BCUT2D eigenvalue weighted by molar-refractivity contribution is 9.10. The molecule has 7 heteroatoms. The highest BCUT2D eigenvalue weighted by Gasteiger charge is 2.42. The van der Waals surface area contributed by atoms with Crippen LogP contribution in [0.2, 0.25) is 0 Å². The van der Waals surface area contributed by atoms with Crippen LogP contribution in [0.4, 0.5) is 11.4 Å². The van der Waals surface area contributed by atoms with E-state index in [0.717, 1.165) is 10.0 Å². The molecule has 0 radical (unpaired) electrons. The maximum absolute atomic E-state index is 13.8. The fraction of sp³-hybridized carbons (Fsp3) is 0.167. The van der Waals surface area contributed by atoms with Gasteiger partial charge in [0.15, 0.2) is 0 Å². The number of methoxy groups -OCH3 is 2. The number of carbonyl (C=O) groups is 2. The molecule has 3 aromatic rings. The zero-order valence-electron chi connectivity index (χ0n) is 17.1. The van der Waals surface area contributed by atoms with Crippen LogP contribution in [0.3, 0.4) is 0 Å². The minimum atomic E-state index is -0.806. The molecule has 1 atom stereocenters. The molecule has 0 spiro atoms. The number of rotatable bonds is 5. The van der Waals surface area contributed by atoms with Crippen molar-refractivity contribution in [3.63, 3.8) is 0 Å². The second kappa shape index (κ2) is 8.81. The van der Waals surface area contributed by atoms with Gasteiger partial charge in [-0.2, -0.15) is 0 Å². The molecular formula is C24H21BrN2O4. The first-order valence-corrected chi connectivity index (χ1v) is 10.5. The van der Waals surface area contributed by atoms with Gasteiger partial charge in [-0.1, -0.05) is 46.3 Å². The molecule has 158 valence electrons. The molecule has 31 heavy (non-hydrogen) atoms. The molecule has 4 rings (SSSR count). The van der Waals surface area contributed by atoms with Crippen molar-refractivity contribution in [1.29, 1.82) is 0 Å². The van der Waals surface area contributed by atoms with Crippen molar-refractivity contribution >= 4 is 39.1 Å². The Labute approximate surface area is 189 Å². The van der Waals surface area contributed by atoms with E-state index in [1.54, 1.807) is 30.2 Å². The quantitative estimate of drug-likeness (QED) is 0.535. The lowest BCUT2D eigenvalue weighted by Crippen LogP contribution is -2.56. The van der Waals surface area contributed by atoms with Gasteiger partial charge >= 0.3 is 0 Å². The number of piperazine rings is 1. The standard InChI is InChI=1S/C24H21BrN2O4/c1-30-19-12-13-21(31-2)20(14-19)26-15-22(28)27(18-10-8-17(25)9-11-18)23(24(26)29)16-6-4-3-5-7-16/h3-14,23H,15H2,1-2H3/t23-/m1/s1. The first-order valence-electron chi connectivity index (χ1n) is 9.69. The third-order valence-corrected chi connectivity index (χ3v) is 5.75. The van der Waals surface area contributed by atoms with Crippen molar-refractivity contribution in [2.75, 3.05) is 30.6 Å². The number of ether oxygens (including phenoxy) is 2. The first kappa shape index (κ1) is 20.9. The van der Waals surface area contributed by atoms with E-state index < -0.39 is 6.04 Å². The van der Waals surface area contributed by atoms with Crippen LogP contribution in [0.1, 0.15) is 11.6 Å². The van der Waals surface area contributed by atoms with Crippen LogP contribution in [0.25, 0.3) is 0 Å². The zero-order valence-corrected chi connectivity index (χ0v) is 18.7. The number of nitrogens with zero attached hydrogens (tertiary/aromatic N) is 2. The normalized spacial score (nSPS) is 16.4. The predicted molar refractivity (Wildman–Crippen MR) is 123 cm³/mol. The summed E-state index contributed by atoms with van der Waals surface area (Å²) in [6.45, 7) is -0.109. The summed E-state index contributed by atoms with van der Waals surface area (Å²) in [6.07, 6.45) is 0. The van der Waals surface area contributed by atoms with Crippen LogP contribution in [0, 0.1) is 0 Å². The van der Waals surface area contributed by atoms with E-state index in [9.17, 15) is 9.59 Å². The Morgan fingerprint density at radius 2 is 1.61 bits per heavy atom. The van der Waals surface area contributed by atoms with Gasteiger partial charge in [0.25, 0.3) is 5.91 Å². The van der Waals surface area contributed by atoms with Gasteiger partial charge in [0.2, 0.25) is 5.91 Å². The van der Waals surface area contributed by atoms with Crippen molar-refractivity contribution < 1.29 is 19.1 Å². The van der Waals surface area contributed by atoms with Crippen LogP contribution in [-0.4, -0.2) is 32.6 Å². The lowest BCUT2D eigenvalue weighted by atomic mass is 9.99. The van der Waals surface area contributed by atoms with Crippen LogP contribution >= 0.6 is 15.9 Å². The Morgan fingerprint density at radius 1 is 0.903 bits per heavy atom. The summed E-state index contributed by atoms with van der Waals surface area (Å²) in [5.41, 5.74) is 1.89. The van der Waals surface area contributed by atoms with Gasteiger partial charge in [0.1, 0.15) is 24.1 Å². The molecule has 0 N–H and O–H groups in total. The Bertz CT molecular complexity index is 1100. The maximum atomic E-state index is 13.8. The van der Waals surface area contributed by atoms with Crippen molar-refractivity contribution in [3.05, 3.63) is 82.8 Å². The van der Waals surface area contributed by atoms with Crippen molar-refractivity contribution in [3.8, 4) is 11.5 Å². The second-order valence-corrected chi connectivity index (χ2v) is 7.93. The van der Waals surface area contributed by atoms with E-state index in [4.69, 9.17) is 9.47 Å². The van der Waals surface area contributed by atoms with Gasteiger partial charge in [-0.3, -0.25) is 19.4 Å². The van der Waals surface area contributed by atoms with Gasteiger partial charge in [-0.15, -0.1) is 0 Å². The predicted octanol–water partition coefficient (Wildman–Crippen LogP) is 4.59. The van der Waals surface area contributed by atoms with Crippen molar-refractivity contribution in [2.24, 2.45) is 0 Å². The molecule has 0 aromatic heterocycles. The molecule has 3 aromatic carbocycles. The number of hydrogen-bond acceptors (Lipinski definition) is 4. The fourth-order valence-electron chi connectivity index (χ4n) is 3.72. The summed E-state index contributed by atoms with van der Waals surface area (Å²) in [6, 6.07) is 21.1. The summed E-state index contributed by atoms with van der Waals surface area (Å²) in [4.78, 5) is 30.2. The Hall–Kier alpha value is -3.32. The molecule has 0 bridgehead atoms. The monoisotopic (exact) mass is 480 g/mol. The number of halogens is 1. The zero-order chi connectivity index (χ0) is 22.0. The molecule has 0 aliphatic carbocycles. The number of carbonyl (C=O) groups excluding carboxylic acids is 2. The van der Waals surface area contributed by atoms with Gasteiger partial charge in [0.05, 0.1) is 19.9 Å². The van der Waals surface area contributed by atoms with Crippen LogP contribution in [0.5, 0.6) is 11.5 Å². The van der Waals surface area contributed by atoms with Crippen LogP contribution < -0.4 is 19.3 Å². The molecule has 1 fully saturated rings. The van der Waals surface area contributed by atoms with E-state index >= 15 is 0 Å². The molecule has 6 nitrogen and oxygen atoms in total. The van der Waals surface area contributed by atoms with Gasteiger partial charge in [-0.25, -0.2) is 0 Å². The third kappa shape index (κ3) is 4.01. The average molecular weight is 481 g/mol. The lowest BCUT2D eigenvalue weighted by molar-refractivity contribution is -0.128. The SMILES string of the molecule is COc1ccc(OC)c(N2CC(=O)N(c3ccc(Br)cc3)[C@H](c3ccccc3)C2=O)c1. The summed E-state index contributed by atoms with van der Waals surface area (Å²) in [5.74, 6) is 0.648. The van der Waals surface area contributed by atoms with E-state index in [1.165, 1.54) is 12.0 Å². The number of benzene rings is 3. The number of amides is 2. The van der Waals surface area contributed by atoms with Gasteiger partial charge in [0, 0.05) is 16.2 Å². The molecular weight excluding hydrogens is 460 g/mol. The lowest BCUT2D eigenvalue weighted by Gasteiger charge is -2.40. The highest BCUT2D eigenvalue weighted by atomic mass is 79.9. The molecule has 1 aliphatic heterocycles. The van der Waals surface area contributed by atoms with Crippen molar-refractivity contribution in [2.45, 2.75) is 6.04 Å². The first-order chi connectivity index (χ1) is 15.0. The molecule has 1 heterocycles. The summed E-state index contributed by atoms with van der Waals surface area (Å²) in [5, 5.41) is 0. The van der Waals surface area contributed by atoms with E-state index in [-0.39, 0.29) is 18.4 Å². The molecule has 0 unspecified atom stereocenters. The Kier molecular flexibility index (Phi) is 5.95. The largest absolute Gasteiger partial charge is 0.497 e. The molecule has 1 aliphatic rings. The molecule has 0 saturated carbocycles. The number of anilines is 2. The van der Waals surface area contributed by atoms with E-state index in [1.807, 2.05) is 54.6 Å². The maximum Gasteiger partial charge on any atom is 0.255 e. The highest BCUT2D eigenvalue weighted by Crippen LogP contribution is 2.39. The average Bonchev–Trinajstić information content (AvgIpc) is 2.81. The van der Waals surface area contributed by atoms with E-state index in [0.29, 0.717) is 22.9 Å². The van der Waals surface area contributed by atoms with Crippen LogP contribution in [0.15, 0.2) is 77.3 Å². The van der Waals surface area contributed by atoms with Gasteiger partial charge in [-0.05, 0) is 42.0 Å². The minimum absolute atomic E-state index is 0.109. The van der Waals surface area contributed by atoms with Crippen LogP contribution in [-0.2, 0) is 9.59 Å². The summed E-state index contributed by atoms with van der Waals surface area (Å²) < 4.78 is 11.7. The molecule has 1 saturated heterocycles. The Balaban J connectivity index is 1.83. The Morgan fingerprint density at radius 3 is 2.26 bits per heavy atom. The minimum Gasteiger partial charge on any atom is -0.497 e. The van der Waals surface area contributed by atoms with Gasteiger partial charge < -0.3 is 9.47 Å². The topological polar surface area (TPSA) is 59.1 Å². The summed E-state index contributed by atoms with van der Waals surface area (Å²) >= 11 is 3.42. The van der Waals surface area contributed by atoms with Crippen molar-refractivity contribution in [1.82, 2.24) is 0 Å². The molecule has 2 amide bonds. The fourth-order valence-corrected chi connectivity index (χ4v) is 3.99.